The minimum absolute atomic E-state index is 0.722. The van der Waals surface area contributed by atoms with E-state index in [1.54, 1.807) is 0 Å². The highest BCUT2D eigenvalue weighted by Gasteiger charge is 2.15. The molecule has 0 aliphatic rings. The Morgan fingerprint density at radius 1 is 1.38 bits per heavy atom. The van der Waals surface area contributed by atoms with E-state index in [4.69, 9.17) is 5.26 Å². The van der Waals surface area contributed by atoms with Gasteiger partial charge in [0.25, 0.3) is 0 Å². The highest BCUT2D eigenvalue weighted by Crippen LogP contribution is 2.10. The molecule has 0 aromatic heterocycles. The van der Waals surface area contributed by atoms with Crippen LogP contribution in [-0.4, -0.2) is 15.0 Å². The second-order valence-electron chi connectivity index (χ2n) is 1.51. The van der Waals surface area contributed by atoms with Crippen molar-refractivity contribution in [2.24, 2.45) is 0 Å². The molecule has 74 valence electrons. The molecule has 0 aliphatic carbocycles. The van der Waals surface area contributed by atoms with Crippen LogP contribution in [0.2, 0.25) is 0 Å². The maximum Gasteiger partial charge on any atom is 0.459 e. The summed E-state index contributed by atoms with van der Waals surface area (Å²) in [6.07, 6.45) is -1.98. The van der Waals surface area contributed by atoms with Gasteiger partial charge >= 0.3 is 22.7 Å². The SMILES string of the molecule is N#COS(=O)(=O)OCC(F)=C(F)F. The molecule has 0 heterocycles. The molecule has 0 saturated carbocycles. The smallest absolute Gasteiger partial charge is 0.281 e. The fraction of sp³-hybridized carbons (Fsp3) is 0.250. The van der Waals surface area contributed by atoms with Gasteiger partial charge in [0.15, 0.2) is 5.83 Å². The predicted molar refractivity (Wildman–Crippen MR) is 31.9 cm³/mol. The van der Waals surface area contributed by atoms with Gasteiger partial charge in [-0.1, -0.05) is 0 Å². The Balaban J connectivity index is 4.21. The summed E-state index contributed by atoms with van der Waals surface area (Å²) >= 11 is 0. The topological polar surface area (TPSA) is 76.4 Å². The number of rotatable bonds is 4. The molecule has 0 aromatic rings. The molecule has 0 atom stereocenters. The number of nitrogens with zero attached hydrogens (tertiary/aromatic N) is 1. The molecule has 0 N–H and O–H groups in total. The second kappa shape index (κ2) is 4.68. The molecule has 5 nitrogen and oxygen atoms in total. The van der Waals surface area contributed by atoms with E-state index in [1.807, 2.05) is 0 Å². The Morgan fingerprint density at radius 3 is 2.31 bits per heavy atom. The minimum Gasteiger partial charge on any atom is -0.281 e. The predicted octanol–water partition coefficient (Wildman–Crippen LogP) is 0.823. The molecular weight excluding hydrogens is 215 g/mol. The van der Waals surface area contributed by atoms with Crippen molar-refractivity contribution in [1.29, 1.82) is 5.26 Å². The first-order valence-corrected chi connectivity index (χ1v) is 3.89. The van der Waals surface area contributed by atoms with Gasteiger partial charge in [-0.05, 0) is 0 Å². The van der Waals surface area contributed by atoms with E-state index < -0.39 is 28.9 Å². The maximum absolute atomic E-state index is 11.9. The zero-order valence-electron chi connectivity index (χ0n) is 5.83. The lowest BCUT2D eigenvalue weighted by molar-refractivity contribution is 0.252. The largest absolute Gasteiger partial charge is 0.459 e. The monoisotopic (exact) mass is 217 g/mol. The quantitative estimate of drug-likeness (QED) is 0.651. The van der Waals surface area contributed by atoms with Crippen LogP contribution in [0.25, 0.3) is 0 Å². The van der Waals surface area contributed by atoms with Crippen LogP contribution >= 0.6 is 0 Å². The first-order valence-electron chi connectivity index (χ1n) is 2.55. The highest BCUT2D eigenvalue weighted by atomic mass is 32.3. The Labute approximate surface area is 71.3 Å². The second-order valence-corrected chi connectivity index (χ2v) is 2.73. The van der Waals surface area contributed by atoms with Gasteiger partial charge in [-0.3, -0.25) is 4.18 Å². The van der Waals surface area contributed by atoms with Crippen LogP contribution in [0.4, 0.5) is 13.2 Å². The molecule has 9 heteroatoms. The van der Waals surface area contributed by atoms with Crippen molar-refractivity contribution < 1.29 is 30.0 Å². The lowest BCUT2D eigenvalue weighted by Crippen LogP contribution is -2.08. The summed E-state index contributed by atoms with van der Waals surface area (Å²) in [5.74, 6) is -2.05. The molecule has 0 radical (unpaired) electrons. The third-order valence-electron chi connectivity index (χ3n) is 0.674. The first kappa shape index (κ1) is 11.7. The van der Waals surface area contributed by atoms with Crippen molar-refractivity contribution in [2.75, 3.05) is 6.61 Å². The van der Waals surface area contributed by atoms with Crippen molar-refractivity contribution in [2.45, 2.75) is 0 Å². The van der Waals surface area contributed by atoms with E-state index in [0.717, 1.165) is 6.26 Å². The Morgan fingerprint density at radius 2 is 1.92 bits per heavy atom. The van der Waals surface area contributed by atoms with E-state index in [1.165, 1.54) is 0 Å². The standard InChI is InChI=1S/C4H2F3NO4S/c5-3(4(6)7)1-11-13(9,10)12-2-8/h1H2. The van der Waals surface area contributed by atoms with Crippen molar-refractivity contribution in [3.05, 3.63) is 11.9 Å². The molecule has 13 heavy (non-hydrogen) atoms. The van der Waals surface area contributed by atoms with Crippen LogP contribution in [0.1, 0.15) is 0 Å². The molecule has 0 amide bonds. The summed E-state index contributed by atoms with van der Waals surface area (Å²) < 4.78 is 61.8. The lowest BCUT2D eigenvalue weighted by atomic mass is 10.6. The number of hydrogen-bond acceptors (Lipinski definition) is 5. The molecule has 0 spiro atoms. The van der Waals surface area contributed by atoms with Crippen LogP contribution in [0.5, 0.6) is 0 Å². The molecule has 0 aliphatic heterocycles. The summed E-state index contributed by atoms with van der Waals surface area (Å²) in [6.45, 7) is -1.51. The van der Waals surface area contributed by atoms with Crippen LogP contribution in [0, 0.1) is 11.5 Å². The minimum atomic E-state index is -4.73. The Hall–Kier alpha value is -1.27. The van der Waals surface area contributed by atoms with Gasteiger partial charge in [0.2, 0.25) is 0 Å². The number of nitriles is 1. The van der Waals surface area contributed by atoms with Crippen molar-refractivity contribution >= 4 is 10.4 Å². The van der Waals surface area contributed by atoms with Crippen LogP contribution in [-0.2, 0) is 18.8 Å². The van der Waals surface area contributed by atoms with E-state index in [9.17, 15) is 21.6 Å². The molecule has 0 aromatic carbocycles. The molecule has 0 bridgehead atoms. The van der Waals surface area contributed by atoms with Gasteiger partial charge in [0, 0.05) is 0 Å². The summed E-state index contributed by atoms with van der Waals surface area (Å²) in [5, 5.41) is 7.69. The molecule has 0 fully saturated rings. The Bertz CT molecular complexity index is 339. The van der Waals surface area contributed by atoms with Gasteiger partial charge < -0.3 is 0 Å². The first-order chi connectivity index (χ1) is 5.89. The summed E-state index contributed by atoms with van der Waals surface area (Å²) in [4.78, 5) is 0. The number of halogens is 3. The van der Waals surface area contributed by atoms with Gasteiger partial charge in [-0.25, -0.2) is 8.57 Å². The van der Waals surface area contributed by atoms with E-state index >= 15 is 0 Å². The number of hydrogen-bond donors (Lipinski definition) is 0. The third kappa shape index (κ3) is 5.05. The maximum atomic E-state index is 11.9. The highest BCUT2D eigenvalue weighted by molar-refractivity contribution is 7.82. The van der Waals surface area contributed by atoms with Crippen LogP contribution in [0.15, 0.2) is 11.9 Å². The molecule has 0 rings (SSSR count). The van der Waals surface area contributed by atoms with Gasteiger partial charge in [-0.15, -0.1) is 5.26 Å². The summed E-state index contributed by atoms with van der Waals surface area (Å²) in [6, 6.07) is 0. The van der Waals surface area contributed by atoms with Crippen LogP contribution < -0.4 is 0 Å². The third-order valence-corrected chi connectivity index (χ3v) is 1.36. The van der Waals surface area contributed by atoms with Crippen molar-refractivity contribution in [3.63, 3.8) is 0 Å². The lowest BCUT2D eigenvalue weighted by Gasteiger charge is -1.97. The van der Waals surface area contributed by atoms with Gasteiger partial charge in [0.05, 0.1) is 0 Å². The fourth-order valence-corrected chi connectivity index (χ4v) is 0.635. The zero-order valence-corrected chi connectivity index (χ0v) is 6.65. The zero-order chi connectivity index (χ0) is 10.5. The molecular formula is C4H2F3NO4S. The molecule has 0 saturated heterocycles. The normalized spacial score (nSPS) is 10.3. The Kier molecular flexibility index (Phi) is 4.22. The van der Waals surface area contributed by atoms with E-state index in [0.29, 0.717) is 0 Å². The van der Waals surface area contributed by atoms with Crippen LogP contribution in [0.3, 0.4) is 0 Å². The fourth-order valence-electron chi connectivity index (χ4n) is 0.248. The van der Waals surface area contributed by atoms with Gasteiger partial charge in [-0.2, -0.15) is 17.2 Å². The van der Waals surface area contributed by atoms with Crippen molar-refractivity contribution in [1.82, 2.24) is 0 Å². The van der Waals surface area contributed by atoms with E-state index in [2.05, 4.69) is 8.37 Å². The van der Waals surface area contributed by atoms with Crippen molar-refractivity contribution in [3.8, 4) is 6.26 Å². The molecule has 0 unspecified atom stereocenters. The summed E-state index contributed by atoms with van der Waals surface area (Å²) in [7, 11) is -4.73. The van der Waals surface area contributed by atoms with Gasteiger partial charge in [0.1, 0.15) is 6.61 Å². The van der Waals surface area contributed by atoms with E-state index in [-0.39, 0.29) is 0 Å². The summed E-state index contributed by atoms with van der Waals surface area (Å²) in [5.41, 5.74) is 0. The average molecular weight is 217 g/mol. The average Bonchev–Trinajstić information content (AvgIpc) is 2.00.